The Bertz CT molecular complexity index is 1270. The summed E-state index contributed by atoms with van der Waals surface area (Å²) in [7, 11) is -2.20. The summed E-state index contributed by atoms with van der Waals surface area (Å²) in [5, 5.41) is 10.4. The summed E-state index contributed by atoms with van der Waals surface area (Å²) >= 11 is 0. The molecule has 2 heterocycles. The predicted octanol–water partition coefficient (Wildman–Crippen LogP) is 2.81. The van der Waals surface area contributed by atoms with Crippen LogP contribution < -0.4 is 9.62 Å². The van der Waals surface area contributed by atoms with Crippen molar-refractivity contribution in [1.29, 1.82) is 0 Å². The fourth-order valence-electron chi connectivity index (χ4n) is 2.81. The molecule has 8 nitrogen and oxygen atoms in total. The van der Waals surface area contributed by atoms with Gasteiger partial charge in [0.05, 0.1) is 16.1 Å². The minimum atomic E-state index is -3.70. The first-order valence-electron chi connectivity index (χ1n) is 8.70. The van der Waals surface area contributed by atoms with Gasteiger partial charge in [-0.3, -0.25) is 13.5 Å². The molecule has 0 aliphatic carbocycles. The number of pyridine rings is 1. The van der Waals surface area contributed by atoms with Crippen molar-refractivity contribution in [1.82, 2.24) is 14.6 Å². The monoisotopic (exact) mass is 407 g/mol. The van der Waals surface area contributed by atoms with Crippen LogP contribution in [0, 0.1) is 0 Å². The Labute approximate surface area is 167 Å². The maximum absolute atomic E-state index is 12.8. The first kappa shape index (κ1) is 18.6. The number of fused-ring (bicyclic) bond motifs is 1. The van der Waals surface area contributed by atoms with Crippen LogP contribution in [0.3, 0.4) is 0 Å². The number of hydrogen-bond donors (Lipinski definition) is 1. The van der Waals surface area contributed by atoms with E-state index in [1.54, 1.807) is 59.1 Å². The zero-order chi connectivity index (χ0) is 20.4. The standard InChI is InChI=1S/C20H17N5O3S/c1-24(17-5-3-2-4-6-17)29(27,28)18-10-8-16(9-11-18)22-20(26)15-7-12-19-23-21-14-25(19)13-15/h2-14H,1H3,(H,22,26). The zero-order valence-electron chi connectivity index (χ0n) is 15.4. The summed E-state index contributed by atoms with van der Waals surface area (Å²) in [6.07, 6.45) is 3.13. The number of nitrogens with one attached hydrogen (secondary N) is 1. The topological polar surface area (TPSA) is 96.7 Å². The van der Waals surface area contributed by atoms with Gasteiger partial charge in [0.2, 0.25) is 0 Å². The average Bonchev–Trinajstić information content (AvgIpc) is 3.22. The summed E-state index contributed by atoms with van der Waals surface area (Å²) in [6, 6.07) is 18.2. The molecular formula is C20H17N5O3S. The summed E-state index contributed by atoms with van der Waals surface area (Å²) < 4.78 is 28.5. The average molecular weight is 407 g/mol. The largest absolute Gasteiger partial charge is 0.322 e. The second-order valence-electron chi connectivity index (χ2n) is 6.30. The number of benzene rings is 2. The van der Waals surface area contributed by atoms with Crippen molar-refractivity contribution in [3.8, 4) is 0 Å². The van der Waals surface area contributed by atoms with Crippen LogP contribution in [0.1, 0.15) is 10.4 Å². The van der Waals surface area contributed by atoms with Gasteiger partial charge in [-0.05, 0) is 48.5 Å². The SMILES string of the molecule is CN(c1ccccc1)S(=O)(=O)c1ccc(NC(=O)c2ccc3nncn3c2)cc1. The number of amides is 1. The summed E-state index contributed by atoms with van der Waals surface area (Å²) in [6.45, 7) is 0. The van der Waals surface area contributed by atoms with Crippen molar-refractivity contribution >= 4 is 33.0 Å². The third-order valence-electron chi connectivity index (χ3n) is 4.44. The Kier molecular flexibility index (Phi) is 4.73. The lowest BCUT2D eigenvalue weighted by Gasteiger charge is -2.19. The highest BCUT2D eigenvalue weighted by atomic mass is 32.2. The molecule has 0 aliphatic heterocycles. The summed E-state index contributed by atoms with van der Waals surface area (Å²) in [4.78, 5) is 12.6. The van der Waals surface area contributed by atoms with Gasteiger partial charge < -0.3 is 5.32 Å². The fraction of sp³-hybridized carbons (Fsp3) is 0.0500. The molecule has 0 aliphatic rings. The zero-order valence-corrected chi connectivity index (χ0v) is 16.2. The van der Waals surface area contributed by atoms with Gasteiger partial charge in [0.15, 0.2) is 5.65 Å². The van der Waals surface area contributed by atoms with Crippen molar-refractivity contribution < 1.29 is 13.2 Å². The number of para-hydroxylation sites is 1. The van der Waals surface area contributed by atoms with Gasteiger partial charge >= 0.3 is 0 Å². The number of sulfonamides is 1. The highest BCUT2D eigenvalue weighted by Gasteiger charge is 2.21. The lowest BCUT2D eigenvalue weighted by Crippen LogP contribution is -2.26. The molecule has 0 bridgehead atoms. The molecule has 4 aromatic rings. The molecule has 4 rings (SSSR count). The molecule has 0 fully saturated rings. The Hall–Kier alpha value is -3.72. The van der Waals surface area contributed by atoms with Crippen molar-refractivity contribution in [2.24, 2.45) is 0 Å². The van der Waals surface area contributed by atoms with Crippen LogP contribution in [-0.4, -0.2) is 36.0 Å². The molecule has 0 atom stereocenters. The van der Waals surface area contributed by atoms with E-state index in [2.05, 4.69) is 15.5 Å². The molecule has 0 saturated heterocycles. The first-order valence-corrected chi connectivity index (χ1v) is 10.1. The van der Waals surface area contributed by atoms with Gasteiger partial charge in [-0.25, -0.2) is 8.42 Å². The van der Waals surface area contributed by atoms with Crippen LogP contribution >= 0.6 is 0 Å². The van der Waals surface area contributed by atoms with Crippen LogP contribution in [-0.2, 0) is 10.0 Å². The van der Waals surface area contributed by atoms with E-state index in [9.17, 15) is 13.2 Å². The molecule has 2 aromatic heterocycles. The molecule has 9 heteroatoms. The van der Waals surface area contributed by atoms with Crippen molar-refractivity contribution in [2.45, 2.75) is 4.90 Å². The maximum Gasteiger partial charge on any atom is 0.264 e. The molecule has 1 amide bonds. The van der Waals surface area contributed by atoms with E-state index >= 15 is 0 Å². The minimum absolute atomic E-state index is 0.132. The molecule has 0 spiro atoms. The lowest BCUT2D eigenvalue weighted by molar-refractivity contribution is 0.102. The van der Waals surface area contributed by atoms with Crippen molar-refractivity contribution in [3.05, 3.63) is 84.8 Å². The number of anilines is 2. The van der Waals surface area contributed by atoms with E-state index in [1.165, 1.54) is 29.8 Å². The van der Waals surface area contributed by atoms with Gasteiger partial charge in [0, 0.05) is 18.9 Å². The van der Waals surface area contributed by atoms with Gasteiger partial charge in [0.1, 0.15) is 6.33 Å². The molecule has 0 radical (unpaired) electrons. The van der Waals surface area contributed by atoms with Crippen LogP contribution in [0.25, 0.3) is 5.65 Å². The van der Waals surface area contributed by atoms with E-state index in [1.807, 2.05) is 6.07 Å². The first-order chi connectivity index (χ1) is 13.9. The van der Waals surface area contributed by atoms with E-state index in [0.29, 0.717) is 22.6 Å². The van der Waals surface area contributed by atoms with E-state index in [0.717, 1.165) is 0 Å². The third-order valence-corrected chi connectivity index (χ3v) is 6.24. The quantitative estimate of drug-likeness (QED) is 0.549. The normalized spacial score (nSPS) is 11.3. The molecule has 29 heavy (non-hydrogen) atoms. The number of nitrogens with zero attached hydrogens (tertiary/aromatic N) is 4. The molecule has 0 unspecified atom stereocenters. The number of aromatic nitrogens is 3. The number of rotatable bonds is 5. The molecule has 0 saturated carbocycles. The summed E-state index contributed by atoms with van der Waals surface area (Å²) in [5.74, 6) is -0.322. The Morgan fingerprint density at radius 1 is 1.00 bits per heavy atom. The maximum atomic E-state index is 12.8. The van der Waals surface area contributed by atoms with E-state index in [4.69, 9.17) is 0 Å². The van der Waals surface area contributed by atoms with Crippen LogP contribution in [0.4, 0.5) is 11.4 Å². The Morgan fingerprint density at radius 3 is 2.45 bits per heavy atom. The Morgan fingerprint density at radius 2 is 1.72 bits per heavy atom. The fourth-order valence-corrected chi connectivity index (χ4v) is 4.01. The van der Waals surface area contributed by atoms with Gasteiger partial charge in [0.25, 0.3) is 15.9 Å². The van der Waals surface area contributed by atoms with Crippen LogP contribution in [0.5, 0.6) is 0 Å². The lowest BCUT2D eigenvalue weighted by atomic mass is 10.2. The van der Waals surface area contributed by atoms with E-state index < -0.39 is 10.0 Å². The molecule has 1 N–H and O–H groups in total. The van der Waals surface area contributed by atoms with Crippen LogP contribution in [0.15, 0.2) is 84.1 Å². The van der Waals surface area contributed by atoms with Crippen LogP contribution in [0.2, 0.25) is 0 Å². The molecule has 2 aromatic carbocycles. The van der Waals surface area contributed by atoms with Gasteiger partial charge in [-0.1, -0.05) is 18.2 Å². The van der Waals surface area contributed by atoms with Gasteiger partial charge in [-0.2, -0.15) is 0 Å². The highest BCUT2D eigenvalue weighted by Crippen LogP contribution is 2.23. The van der Waals surface area contributed by atoms with Crippen molar-refractivity contribution in [2.75, 3.05) is 16.7 Å². The number of hydrogen-bond acceptors (Lipinski definition) is 5. The highest BCUT2D eigenvalue weighted by molar-refractivity contribution is 7.92. The number of carbonyl (C=O) groups is 1. The smallest absolute Gasteiger partial charge is 0.264 e. The third kappa shape index (κ3) is 3.67. The van der Waals surface area contributed by atoms with Gasteiger partial charge in [-0.15, -0.1) is 10.2 Å². The minimum Gasteiger partial charge on any atom is -0.322 e. The second-order valence-corrected chi connectivity index (χ2v) is 8.27. The second kappa shape index (κ2) is 7.36. The van der Waals surface area contributed by atoms with Crippen molar-refractivity contribution in [3.63, 3.8) is 0 Å². The molecular weight excluding hydrogens is 390 g/mol. The summed E-state index contributed by atoms with van der Waals surface area (Å²) in [5.41, 5.74) is 2.12. The number of carbonyl (C=O) groups excluding carboxylic acids is 1. The van der Waals surface area contributed by atoms with E-state index in [-0.39, 0.29) is 10.8 Å². The molecule has 146 valence electrons. The predicted molar refractivity (Wildman–Crippen MR) is 109 cm³/mol. The Balaban J connectivity index is 1.52.